The molecule has 0 heterocycles. The predicted molar refractivity (Wildman–Crippen MR) is 400 cm³/mol. The molecule has 582 valence electrons. The molecule has 0 aliphatic carbocycles. The highest BCUT2D eigenvalue weighted by Crippen LogP contribution is 2.45. The Morgan fingerprint density at radius 3 is 0.724 bits per heavy atom. The van der Waals surface area contributed by atoms with Gasteiger partial charge in [-0.25, -0.2) is 9.13 Å². The Balaban J connectivity index is 5.15. The summed E-state index contributed by atoms with van der Waals surface area (Å²) in [7, 11) is -9.92. The summed E-state index contributed by atoms with van der Waals surface area (Å²) in [5, 5.41) is 10.6. The second kappa shape index (κ2) is 68.2. The van der Waals surface area contributed by atoms with Crippen LogP contribution in [0.25, 0.3) is 0 Å². The van der Waals surface area contributed by atoms with Gasteiger partial charge in [0, 0.05) is 25.7 Å². The number of carbonyl (C=O) groups is 4. The molecule has 3 N–H and O–H groups in total. The molecule has 0 rings (SSSR count). The van der Waals surface area contributed by atoms with Crippen molar-refractivity contribution >= 4 is 39.5 Å². The number of unbranched alkanes of at least 4 members (excludes halogenated alkanes) is 41. The van der Waals surface area contributed by atoms with E-state index < -0.39 is 97.5 Å². The molecule has 0 saturated heterocycles. The van der Waals surface area contributed by atoms with Gasteiger partial charge in [-0.3, -0.25) is 37.3 Å². The van der Waals surface area contributed by atoms with E-state index in [0.29, 0.717) is 31.6 Å². The molecule has 0 aromatic heterocycles. The van der Waals surface area contributed by atoms with Crippen LogP contribution in [-0.4, -0.2) is 96.7 Å². The second-order valence-electron chi connectivity index (χ2n) is 30.1. The lowest BCUT2D eigenvalue weighted by Gasteiger charge is -2.21. The fourth-order valence-electron chi connectivity index (χ4n) is 12.0. The van der Waals surface area contributed by atoms with Crippen molar-refractivity contribution in [2.24, 2.45) is 23.7 Å². The third-order valence-electron chi connectivity index (χ3n) is 18.7. The third-order valence-corrected chi connectivity index (χ3v) is 20.6. The van der Waals surface area contributed by atoms with E-state index >= 15 is 0 Å². The van der Waals surface area contributed by atoms with Gasteiger partial charge in [0.2, 0.25) is 0 Å². The smallest absolute Gasteiger partial charge is 0.462 e. The van der Waals surface area contributed by atoms with E-state index in [4.69, 9.17) is 37.0 Å². The normalized spacial score (nSPS) is 14.3. The van der Waals surface area contributed by atoms with Crippen molar-refractivity contribution in [2.75, 3.05) is 39.6 Å². The van der Waals surface area contributed by atoms with E-state index in [1.54, 1.807) is 0 Å². The number of hydrogen-bond acceptors (Lipinski definition) is 15. The van der Waals surface area contributed by atoms with Crippen molar-refractivity contribution in [1.29, 1.82) is 0 Å². The zero-order valence-corrected chi connectivity index (χ0v) is 66.2. The molecule has 0 fully saturated rings. The fraction of sp³-hybridized carbons (Fsp3) is 0.949. The molecule has 0 aliphatic rings. The van der Waals surface area contributed by atoms with E-state index in [9.17, 15) is 43.2 Å². The van der Waals surface area contributed by atoms with Crippen LogP contribution in [0.5, 0.6) is 0 Å². The van der Waals surface area contributed by atoms with Gasteiger partial charge in [0.25, 0.3) is 0 Å². The molecule has 98 heavy (non-hydrogen) atoms. The van der Waals surface area contributed by atoms with E-state index in [1.165, 1.54) is 193 Å². The molecule has 17 nitrogen and oxygen atoms in total. The van der Waals surface area contributed by atoms with Gasteiger partial charge in [0.15, 0.2) is 12.2 Å². The summed E-state index contributed by atoms with van der Waals surface area (Å²) in [6.45, 7) is 14.2. The van der Waals surface area contributed by atoms with Crippen LogP contribution >= 0.6 is 15.6 Å². The van der Waals surface area contributed by atoms with Gasteiger partial charge in [-0.2, -0.15) is 0 Å². The highest BCUT2D eigenvalue weighted by atomic mass is 31.2. The highest BCUT2D eigenvalue weighted by Gasteiger charge is 2.30. The Bertz CT molecular complexity index is 1920. The Hall–Kier alpha value is -1.94. The number of rotatable bonds is 76. The minimum atomic E-state index is -4.96. The monoisotopic (exact) mass is 1440 g/mol. The molecule has 0 aromatic carbocycles. The maximum Gasteiger partial charge on any atom is 0.472 e. The topological polar surface area (TPSA) is 237 Å². The predicted octanol–water partition coefficient (Wildman–Crippen LogP) is 23.2. The molecule has 0 aliphatic heterocycles. The molecular weight excluding hydrogens is 1280 g/mol. The number of esters is 4. The molecule has 0 amide bonds. The van der Waals surface area contributed by atoms with Crippen LogP contribution in [0.4, 0.5) is 0 Å². The van der Waals surface area contributed by atoms with Gasteiger partial charge in [-0.15, -0.1) is 0 Å². The van der Waals surface area contributed by atoms with E-state index in [-0.39, 0.29) is 25.7 Å². The fourth-order valence-corrected chi connectivity index (χ4v) is 13.6. The SMILES string of the molecule is CCC(C)CCCCCCCCC(=O)OC[C@H](COP(=O)(O)OCC(O)COP(=O)(O)OC[C@@H](COC(=O)CCCCCCCCC(C)C)OC(=O)CCCCCCCCCCCCCCCCCC(C)C)OC(=O)CCCCCCCCCCCCCCCCCCCCC(C)C. The Kier molecular flexibility index (Phi) is 66.8. The largest absolute Gasteiger partial charge is 0.472 e. The summed E-state index contributed by atoms with van der Waals surface area (Å²) >= 11 is 0. The van der Waals surface area contributed by atoms with Crippen LogP contribution in [0, 0.1) is 23.7 Å². The van der Waals surface area contributed by atoms with Crippen LogP contribution < -0.4 is 0 Å². The first-order chi connectivity index (χ1) is 47.1. The van der Waals surface area contributed by atoms with Crippen LogP contribution in [0.2, 0.25) is 0 Å². The minimum Gasteiger partial charge on any atom is -0.462 e. The molecule has 4 unspecified atom stereocenters. The number of aliphatic hydroxyl groups excluding tert-OH is 1. The van der Waals surface area contributed by atoms with Gasteiger partial charge in [0.1, 0.15) is 19.3 Å². The number of hydrogen-bond donors (Lipinski definition) is 3. The molecule has 0 aromatic rings. The summed E-state index contributed by atoms with van der Waals surface area (Å²) < 4.78 is 68.5. The molecule has 0 bridgehead atoms. The van der Waals surface area contributed by atoms with E-state index in [0.717, 1.165) is 120 Å². The molecule has 0 saturated carbocycles. The zero-order chi connectivity index (χ0) is 72.4. The van der Waals surface area contributed by atoms with E-state index in [2.05, 4.69) is 55.4 Å². The lowest BCUT2D eigenvalue weighted by molar-refractivity contribution is -0.161. The lowest BCUT2D eigenvalue weighted by atomic mass is 10.00. The molecule has 6 atom stereocenters. The van der Waals surface area contributed by atoms with Crippen LogP contribution in [-0.2, 0) is 65.4 Å². The van der Waals surface area contributed by atoms with Crippen molar-refractivity contribution in [3.63, 3.8) is 0 Å². The first kappa shape index (κ1) is 96.1. The quantitative estimate of drug-likeness (QED) is 0.0222. The van der Waals surface area contributed by atoms with Crippen molar-refractivity contribution < 1.29 is 80.2 Å². The number of carbonyl (C=O) groups excluding carboxylic acids is 4. The average molecular weight is 1440 g/mol. The van der Waals surface area contributed by atoms with Gasteiger partial charge < -0.3 is 33.8 Å². The summed E-state index contributed by atoms with van der Waals surface area (Å²) in [5.41, 5.74) is 0. The Labute approximate surface area is 600 Å². The summed E-state index contributed by atoms with van der Waals surface area (Å²) in [5.74, 6) is 0.912. The molecule has 0 spiro atoms. The summed E-state index contributed by atoms with van der Waals surface area (Å²) in [6, 6.07) is 0. The number of aliphatic hydroxyl groups is 1. The number of ether oxygens (including phenoxy) is 4. The zero-order valence-electron chi connectivity index (χ0n) is 64.4. The summed E-state index contributed by atoms with van der Waals surface area (Å²) in [4.78, 5) is 72.8. The highest BCUT2D eigenvalue weighted by molar-refractivity contribution is 7.47. The van der Waals surface area contributed by atoms with Crippen molar-refractivity contribution in [3.05, 3.63) is 0 Å². The number of phosphoric ester groups is 2. The Morgan fingerprint density at radius 2 is 0.490 bits per heavy atom. The maximum atomic E-state index is 13.1. The van der Waals surface area contributed by atoms with Crippen LogP contribution in [0.1, 0.15) is 402 Å². The maximum absolute atomic E-state index is 13.1. The molecular formula is C79H154O17P2. The first-order valence-electron chi connectivity index (χ1n) is 40.7. The standard InChI is InChI=1S/C79H154O17P2/c1-9-72(8)58-50-42-36-38-44-52-60-77(82)90-66-75(96-79(84)62-53-45-33-29-25-21-17-13-11-10-12-15-19-23-27-31-39-47-55-69(2)3)68-94-98(87,88)92-64-73(80)63-91-97(85,86)93-67-74(65-89-76(81)59-51-43-37-35-41-49-57-71(6)7)95-78(83)61-54-46-34-30-26-22-18-14-16-20-24-28-32-40-48-56-70(4)5/h69-75,80H,9-68H2,1-8H3,(H,85,86)(H,87,88)/t72?,73?,74-,75-/m1/s1. The van der Waals surface area contributed by atoms with Crippen molar-refractivity contribution in [1.82, 2.24) is 0 Å². The third kappa shape index (κ3) is 71.1. The number of phosphoric acid groups is 2. The Morgan fingerprint density at radius 1 is 0.286 bits per heavy atom. The van der Waals surface area contributed by atoms with E-state index in [1.807, 2.05) is 0 Å². The molecule has 19 heteroatoms. The van der Waals surface area contributed by atoms with Gasteiger partial charge >= 0.3 is 39.5 Å². The summed E-state index contributed by atoms with van der Waals surface area (Å²) in [6.07, 6.45) is 54.5. The van der Waals surface area contributed by atoms with Crippen molar-refractivity contribution in [2.45, 2.75) is 420 Å². The van der Waals surface area contributed by atoms with Gasteiger partial charge in [-0.1, -0.05) is 351 Å². The first-order valence-corrected chi connectivity index (χ1v) is 43.7. The second-order valence-corrected chi connectivity index (χ2v) is 33.0. The van der Waals surface area contributed by atoms with Crippen molar-refractivity contribution in [3.8, 4) is 0 Å². The average Bonchev–Trinajstić information content (AvgIpc) is 1.04. The van der Waals surface area contributed by atoms with Crippen LogP contribution in [0.3, 0.4) is 0 Å². The lowest BCUT2D eigenvalue weighted by Crippen LogP contribution is -2.30. The van der Waals surface area contributed by atoms with Crippen LogP contribution in [0.15, 0.2) is 0 Å². The van der Waals surface area contributed by atoms with Gasteiger partial charge in [0.05, 0.1) is 26.4 Å². The molecule has 0 radical (unpaired) electrons. The minimum absolute atomic E-state index is 0.106. The van der Waals surface area contributed by atoms with Gasteiger partial charge in [-0.05, 0) is 49.4 Å².